The summed E-state index contributed by atoms with van der Waals surface area (Å²) in [4.78, 5) is 17.6. The number of rotatable bonds is 5. The van der Waals surface area contributed by atoms with Crippen molar-refractivity contribution in [2.24, 2.45) is 0 Å². The van der Waals surface area contributed by atoms with Crippen LogP contribution in [0.1, 0.15) is 17.0 Å². The summed E-state index contributed by atoms with van der Waals surface area (Å²) in [7, 11) is 1.62. The van der Waals surface area contributed by atoms with E-state index in [9.17, 15) is 0 Å². The standard InChI is InChI=1S/C20H19N7O/c1-12-8-21-19(22-9-12)14-6-16-18(17(7-14)28-3)24-11-25-20(16)23-10-15-5-4-13(2)26-27-15/h4-9,11H,10H2,1-3H3,(H,23,24,25). The van der Waals surface area contributed by atoms with Crippen molar-refractivity contribution in [2.75, 3.05) is 12.4 Å². The number of methoxy groups -OCH3 is 1. The number of nitrogens with one attached hydrogen (secondary N) is 1. The number of hydrogen-bond acceptors (Lipinski definition) is 8. The molecule has 0 aliphatic carbocycles. The minimum atomic E-state index is 0.493. The third kappa shape index (κ3) is 3.57. The van der Waals surface area contributed by atoms with Gasteiger partial charge in [-0.05, 0) is 43.7 Å². The van der Waals surface area contributed by atoms with Crippen molar-refractivity contribution in [3.8, 4) is 17.1 Å². The predicted octanol–water partition coefficient (Wildman–Crippen LogP) is 3.11. The Hall–Kier alpha value is -3.68. The van der Waals surface area contributed by atoms with Crippen LogP contribution in [-0.2, 0) is 6.54 Å². The first-order valence-corrected chi connectivity index (χ1v) is 8.79. The molecule has 0 spiro atoms. The molecule has 0 bridgehead atoms. The highest BCUT2D eigenvalue weighted by Crippen LogP contribution is 2.32. The van der Waals surface area contributed by atoms with Crippen molar-refractivity contribution >= 4 is 16.7 Å². The van der Waals surface area contributed by atoms with Gasteiger partial charge in [0.05, 0.1) is 25.0 Å². The Morgan fingerprint density at radius 3 is 2.50 bits per heavy atom. The molecule has 0 saturated carbocycles. The Kier molecular flexibility index (Phi) is 4.76. The lowest BCUT2D eigenvalue weighted by Crippen LogP contribution is -2.06. The zero-order valence-corrected chi connectivity index (χ0v) is 15.8. The molecule has 1 aromatic carbocycles. The summed E-state index contributed by atoms with van der Waals surface area (Å²) in [5.74, 6) is 1.93. The molecule has 8 nitrogen and oxygen atoms in total. The molecular weight excluding hydrogens is 354 g/mol. The highest BCUT2D eigenvalue weighted by atomic mass is 16.5. The lowest BCUT2D eigenvalue weighted by Gasteiger charge is -2.12. The van der Waals surface area contributed by atoms with E-state index in [1.54, 1.807) is 19.5 Å². The SMILES string of the molecule is COc1cc(-c2ncc(C)cn2)cc2c(NCc3ccc(C)nn3)ncnc12. The molecule has 28 heavy (non-hydrogen) atoms. The highest BCUT2D eigenvalue weighted by Gasteiger charge is 2.13. The number of aryl methyl sites for hydroxylation is 2. The van der Waals surface area contributed by atoms with Gasteiger partial charge in [0.15, 0.2) is 5.82 Å². The average molecular weight is 373 g/mol. The molecule has 140 valence electrons. The van der Waals surface area contributed by atoms with Crippen LogP contribution in [0, 0.1) is 13.8 Å². The Balaban J connectivity index is 1.75. The number of benzene rings is 1. The van der Waals surface area contributed by atoms with Crippen LogP contribution in [0.25, 0.3) is 22.3 Å². The summed E-state index contributed by atoms with van der Waals surface area (Å²) >= 11 is 0. The molecule has 0 aliphatic heterocycles. The van der Waals surface area contributed by atoms with E-state index in [0.29, 0.717) is 29.5 Å². The minimum Gasteiger partial charge on any atom is -0.494 e. The number of hydrogen-bond donors (Lipinski definition) is 1. The van der Waals surface area contributed by atoms with Crippen LogP contribution in [0.4, 0.5) is 5.82 Å². The molecule has 0 atom stereocenters. The van der Waals surface area contributed by atoms with Gasteiger partial charge in [-0.15, -0.1) is 0 Å². The van der Waals surface area contributed by atoms with E-state index in [1.807, 2.05) is 38.1 Å². The monoisotopic (exact) mass is 373 g/mol. The maximum absolute atomic E-state index is 5.55. The van der Waals surface area contributed by atoms with Crippen molar-refractivity contribution in [1.82, 2.24) is 30.1 Å². The molecule has 1 N–H and O–H groups in total. The fourth-order valence-corrected chi connectivity index (χ4v) is 2.80. The predicted molar refractivity (Wildman–Crippen MR) is 106 cm³/mol. The molecule has 0 saturated heterocycles. The third-order valence-electron chi connectivity index (χ3n) is 4.25. The maximum Gasteiger partial charge on any atom is 0.159 e. The van der Waals surface area contributed by atoms with E-state index in [0.717, 1.165) is 27.9 Å². The first kappa shape index (κ1) is 17.7. The molecular formula is C20H19N7O. The Labute approximate surface area is 162 Å². The average Bonchev–Trinajstić information content (AvgIpc) is 2.73. The summed E-state index contributed by atoms with van der Waals surface area (Å²) in [6, 6.07) is 7.71. The van der Waals surface area contributed by atoms with Gasteiger partial charge >= 0.3 is 0 Å². The second kappa shape index (κ2) is 7.51. The smallest absolute Gasteiger partial charge is 0.159 e. The van der Waals surface area contributed by atoms with Crippen molar-refractivity contribution in [2.45, 2.75) is 20.4 Å². The van der Waals surface area contributed by atoms with Crippen molar-refractivity contribution in [3.63, 3.8) is 0 Å². The molecule has 4 rings (SSSR count). The summed E-state index contributed by atoms with van der Waals surface area (Å²) in [6.07, 6.45) is 5.08. The quantitative estimate of drug-likeness (QED) is 0.570. The van der Waals surface area contributed by atoms with Gasteiger partial charge < -0.3 is 10.1 Å². The Morgan fingerprint density at radius 2 is 1.79 bits per heavy atom. The van der Waals surface area contributed by atoms with Gasteiger partial charge in [0.2, 0.25) is 0 Å². The van der Waals surface area contributed by atoms with Crippen molar-refractivity contribution in [1.29, 1.82) is 0 Å². The molecule has 4 aromatic rings. The van der Waals surface area contributed by atoms with Crippen LogP contribution in [-0.4, -0.2) is 37.2 Å². The Bertz CT molecular complexity index is 1110. The molecule has 0 unspecified atom stereocenters. The molecule has 0 amide bonds. The number of ether oxygens (including phenoxy) is 1. The number of aromatic nitrogens is 6. The van der Waals surface area contributed by atoms with Crippen LogP contribution < -0.4 is 10.1 Å². The molecule has 0 aliphatic rings. The fraction of sp³-hybridized carbons (Fsp3) is 0.200. The molecule has 3 heterocycles. The summed E-state index contributed by atoms with van der Waals surface area (Å²) in [5, 5.41) is 12.4. The van der Waals surface area contributed by atoms with Gasteiger partial charge in [-0.1, -0.05) is 0 Å². The fourth-order valence-electron chi connectivity index (χ4n) is 2.80. The second-order valence-corrected chi connectivity index (χ2v) is 6.40. The molecule has 3 aromatic heterocycles. The van der Waals surface area contributed by atoms with E-state index < -0.39 is 0 Å². The minimum absolute atomic E-state index is 0.493. The lowest BCUT2D eigenvalue weighted by atomic mass is 10.1. The van der Waals surface area contributed by atoms with Gasteiger partial charge in [0.25, 0.3) is 0 Å². The van der Waals surface area contributed by atoms with Gasteiger partial charge in [-0.25, -0.2) is 19.9 Å². The Morgan fingerprint density at radius 1 is 0.964 bits per heavy atom. The number of nitrogens with zero attached hydrogens (tertiary/aromatic N) is 6. The normalized spacial score (nSPS) is 10.8. The van der Waals surface area contributed by atoms with Crippen molar-refractivity contribution < 1.29 is 4.74 Å². The van der Waals surface area contributed by atoms with Gasteiger partial charge in [0.1, 0.15) is 23.4 Å². The van der Waals surface area contributed by atoms with Crippen LogP contribution >= 0.6 is 0 Å². The summed E-state index contributed by atoms with van der Waals surface area (Å²) in [5.41, 5.74) is 4.25. The van der Waals surface area contributed by atoms with Crippen molar-refractivity contribution in [3.05, 3.63) is 59.9 Å². The van der Waals surface area contributed by atoms with Crippen LogP contribution in [0.15, 0.2) is 43.0 Å². The molecule has 0 radical (unpaired) electrons. The zero-order chi connectivity index (χ0) is 19.5. The van der Waals surface area contributed by atoms with E-state index in [1.165, 1.54) is 6.33 Å². The van der Waals surface area contributed by atoms with E-state index in [-0.39, 0.29) is 0 Å². The van der Waals surface area contributed by atoms with E-state index >= 15 is 0 Å². The zero-order valence-electron chi connectivity index (χ0n) is 15.8. The van der Waals surface area contributed by atoms with Gasteiger partial charge in [-0.3, -0.25) is 0 Å². The van der Waals surface area contributed by atoms with Crippen LogP contribution in [0.5, 0.6) is 5.75 Å². The lowest BCUT2D eigenvalue weighted by molar-refractivity contribution is 0.419. The third-order valence-corrected chi connectivity index (χ3v) is 4.25. The van der Waals surface area contributed by atoms with Crippen LogP contribution in [0.2, 0.25) is 0 Å². The molecule has 0 fully saturated rings. The first-order chi connectivity index (χ1) is 13.6. The maximum atomic E-state index is 5.55. The molecule has 8 heteroatoms. The number of anilines is 1. The van der Waals surface area contributed by atoms with E-state index in [4.69, 9.17) is 4.74 Å². The first-order valence-electron chi connectivity index (χ1n) is 8.79. The second-order valence-electron chi connectivity index (χ2n) is 6.40. The van der Waals surface area contributed by atoms with E-state index in [2.05, 4.69) is 35.5 Å². The summed E-state index contributed by atoms with van der Waals surface area (Å²) in [6.45, 7) is 4.35. The van der Waals surface area contributed by atoms with Gasteiger partial charge in [0, 0.05) is 23.3 Å². The summed E-state index contributed by atoms with van der Waals surface area (Å²) < 4.78 is 5.55. The number of fused-ring (bicyclic) bond motifs is 1. The van der Waals surface area contributed by atoms with Gasteiger partial charge in [-0.2, -0.15) is 10.2 Å². The van der Waals surface area contributed by atoms with Crippen LogP contribution in [0.3, 0.4) is 0 Å². The highest BCUT2D eigenvalue weighted by molar-refractivity contribution is 5.96. The topological polar surface area (TPSA) is 98.6 Å². The largest absolute Gasteiger partial charge is 0.494 e.